The molecule has 2 atom stereocenters. The number of ketones is 1. The minimum atomic E-state index is -1.09. The molecule has 8 nitrogen and oxygen atoms in total. The maximum Gasteiger partial charge on any atom is 0.350 e. The van der Waals surface area contributed by atoms with Crippen molar-refractivity contribution in [2.45, 2.75) is 32.4 Å². The molecule has 0 bridgehead atoms. The Balaban J connectivity index is 1.68. The minimum absolute atomic E-state index is 0.0145. The quantitative estimate of drug-likeness (QED) is 0.242. The zero-order chi connectivity index (χ0) is 25.7. The largest absolute Gasteiger partial charge is 0.507 e. The van der Waals surface area contributed by atoms with Crippen LogP contribution >= 0.6 is 11.3 Å². The third-order valence-corrected chi connectivity index (χ3v) is 7.30. The molecular formula is C26H21FN2O6S. The molecule has 1 saturated heterocycles. The van der Waals surface area contributed by atoms with Gasteiger partial charge < -0.3 is 14.6 Å². The van der Waals surface area contributed by atoms with E-state index in [2.05, 4.69) is 4.98 Å². The number of nitrogens with zero attached hydrogens (tertiary/aromatic N) is 2. The van der Waals surface area contributed by atoms with Crippen LogP contribution in [0.2, 0.25) is 0 Å². The van der Waals surface area contributed by atoms with Crippen molar-refractivity contribution in [1.82, 2.24) is 4.98 Å². The monoisotopic (exact) mass is 508 g/mol. The summed E-state index contributed by atoms with van der Waals surface area (Å²) in [5, 5.41) is 11.4. The number of hydrogen-bond donors (Lipinski definition) is 1. The molecule has 5 rings (SSSR count). The average molecular weight is 509 g/mol. The number of esters is 1. The first-order valence-corrected chi connectivity index (χ1v) is 11.9. The topological polar surface area (TPSA) is 106 Å². The van der Waals surface area contributed by atoms with Gasteiger partial charge in [0, 0.05) is 12.0 Å². The van der Waals surface area contributed by atoms with Crippen LogP contribution in [0.4, 0.5) is 9.52 Å². The standard InChI is InChI=1S/C26H21FN2O6S/c1-12-10-16-11-15(6-9-18(16)35-12)21(30)19-20(14-4-7-17(27)8-5-14)29(24(32)22(19)31)26-28-13(2)23(36-26)25(33)34-3/h4-9,11-12,20,30H,10H2,1-3H3/b21-19+. The number of methoxy groups -OCH3 is 1. The first-order valence-electron chi connectivity index (χ1n) is 11.1. The Labute approximate surface area is 209 Å². The van der Waals surface area contributed by atoms with Crippen molar-refractivity contribution >= 4 is 39.9 Å². The fourth-order valence-corrected chi connectivity index (χ4v) is 5.49. The molecule has 3 aromatic rings. The molecule has 0 spiro atoms. The number of anilines is 1. The SMILES string of the molecule is COC(=O)c1sc(N2C(=O)C(=O)/C(=C(/O)c3ccc4c(c3)CC(C)O4)C2c2ccc(F)cc2)nc1C. The van der Waals surface area contributed by atoms with Crippen LogP contribution in [0.3, 0.4) is 0 Å². The molecule has 36 heavy (non-hydrogen) atoms. The van der Waals surface area contributed by atoms with Gasteiger partial charge in [-0.25, -0.2) is 14.2 Å². The van der Waals surface area contributed by atoms with Crippen molar-refractivity contribution in [3.8, 4) is 5.75 Å². The maximum absolute atomic E-state index is 13.7. The number of thiazole rings is 1. The molecule has 3 heterocycles. The number of carbonyl (C=O) groups excluding carboxylic acids is 3. The van der Waals surface area contributed by atoms with Crippen LogP contribution in [0.15, 0.2) is 48.0 Å². The van der Waals surface area contributed by atoms with Gasteiger partial charge in [0.15, 0.2) is 5.13 Å². The zero-order valence-electron chi connectivity index (χ0n) is 19.6. The highest BCUT2D eigenvalue weighted by Crippen LogP contribution is 2.44. The van der Waals surface area contributed by atoms with E-state index in [0.717, 1.165) is 21.8 Å². The number of amides is 1. The van der Waals surface area contributed by atoms with E-state index < -0.39 is 29.5 Å². The Morgan fingerprint density at radius 3 is 2.64 bits per heavy atom. The normalized spacial score (nSPS) is 20.4. The van der Waals surface area contributed by atoms with Gasteiger partial charge >= 0.3 is 11.9 Å². The number of carbonyl (C=O) groups is 3. The fraction of sp³-hybridized carbons (Fsp3) is 0.231. The number of benzene rings is 2. The summed E-state index contributed by atoms with van der Waals surface area (Å²) in [4.78, 5) is 44.4. The third-order valence-electron chi connectivity index (χ3n) is 6.16. The van der Waals surface area contributed by atoms with Gasteiger partial charge in [-0.2, -0.15) is 0 Å². The van der Waals surface area contributed by atoms with Crippen LogP contribution in [0.5, 0.6) is 5.75 Å². The molecule has 2 aliphatic rings. The van der Waals surface area contributed by atoms with Gasteiger partial charge in [0.2, 0.25) is 0 Å². The Hall–Kier alpha value is -4.05. The van der Waals surface area contributed by atoms with Crippen molar-refractivity contribution in [2.24, 2.45) is 0 Å². The van der Waals surface area contributed by atoms with Crippen molar-refractivity contribution in [3.63, 3.8) is 0 Å². The smallest absolute Gasteiger partial charge is 0.350 e. The first kappa shape index (κ1) is 23.7. The van der Waals surface area contributed by atoms with Gasteiger partial charge in [0.05, 0.1) is 24.4 Å². The van der Waals surface area contributed by atoms with Crippen LogP contribution in [-0.2, 0) is 20.7 Å². The predicted octanol–water partition coefficient (Wildman–Crippen LogP) is 4.33. The Morgan fingerprint density at radius 1 is 1.22 bits per heavy atom. The molecule has 1 amide bonds. The number of rotatable bonds is 4. The third kappa shape index (κ3) is 3.83. The number of aliphatic hydroxyl groups excluding tert-OH is 1. The predicted molar refractivity (Wildman–Crippen MR) is 130 cm³/mol. The molecule has 10 heteroatoms. The molecule has 1 aromatic heterocycles. The van der Waals surface area contributed by atoms with Crippen molar-refractivity contribution in [3.05, 3.63) is 81.1 Å². The maximum atomic E-state index is 13.7. The number of fused-ring (bicyclic) bond motifs is 1. The van der Waals surface area contributed by atoms with E-state index >= 15 is 0 Å². The van der Waals surface area contributed by atoms with Crippen LogP contribution in [0, 0.1) is 12.7 Å². The van der Waals surface area contributed by atoms with Gasteiger partial charge in [-0.05, 0) is 55.3 Å². The Kier molecular flexibility index (Phi) is 5.83. The highest BCUT2D eigenvalue weighted by Gasteiger charge is 2.48. The van der Waals surface area contributed by atoms with E-state index in [1.807, 2.05) is 6.92 Å². The summed E-state index contributed by atoms with van der Waals surface area (Å²) in [5.41, 5.74) is 1.78. The summed E-state index contributed by atoms with van der Waals surface area (Å²) in [7, 11) is 1.23. The van der Waals surface area contributed by atoms with E-state index in [1.165, 1.54) is 31.4 Å². The molecule has 2 aliphatic heterocycles. The van der Waals surface area contributed by atoms with Crippen LogP contribution in [-0.4, -0.2) is 41.0 Å². The van der Waals surface area contributed by atoms with Gasteiger partial charge in [0.1, 0.15) is 28.3 Å². The Morgan fingerprint density at radius 2 is 1.94 bits per heavy atom. The lowest BCUT2D eigenvalue weighted by atomic mass is 9.94. The van der Waals surface area contributed by atoms with Gasteiger partial charge in [0.25, 0.3) is 5.78 Å². The van der Waals surface area contributed by atoms with E-state index in [0.29, 0.717) is 29.0 Å². The molecule has 1 fully saturated rings. The summed E-state index contributed by atoms with van der Waals surface area (Å²) >= 11 is 0.895. The molecular weight excluding hydrogens is 487 g/mol. The second kappa shape index (κ2) is 8.87. The average Bonchev–Trinajstić information content (AvgIpc) is 3.50. The number of hydrogen-bond acceptors (Lipinski definition) is 8. The highest BCUT2D eigenvalue weighted by atomic mass is 32.1. The van der Waals surface area contributed by atoms with E-state index in [4.69, 9.17) is 9.47 Å². The second-order valence-electron chi connectivity index (χ2n) is 8.58. The lowest BCUT2D eigenvalue weighted by Crippen LogP contribution is -2.29. The molecule has 1 N–H and O–H groups in total. The minimum Gasteiger partial charge on any atom is -0.507 e. The van der Waals surface area contributed by atoms with Crippen molar-refractivity contribution < 1.29 is 33.4 Å². The number of ether oxygens (including phenoxy) is 2. The summed E-state index contributed by atoms with van der Waals surface area (Å²) < 4.78 is 24.2. The fourth-order valence-electron chi connectivity index (χ4n) is 4.48. The van der Waals surface area contributed by atoms with Crippen LogP contribution in [0.25, 0.3) is 5.76 Å². The number of Topliss-reactive ketones (excluding diaryl/α,β-unsaturated/α-hetero) is 1. The lowest BCUT2D eigenvalue weighted by Gasteiger charge is -2.23. The lowest BCUT2D eigenvalue weighted by molar-refractivity contribution is -0.132. The number of aliphatic hydroxyl groups is 1. The first-order chi connectivity index (χ1) is 17.2. The zero-order valence-corrected chi connectivity index (χ0v) is 20.4. The number of aryl methyl sites for hydroxylation is 1. The van der Waals surface area contributed by atoms with E-state index in [-0.39, 0.29) is 27.4 Å². The molecule has 0 saturated carbocycles. The molecule has 0 radical (unpaired) electrons. The molecule has 2 unspecified atom stereocenters. The molecule has 2 aromatic carbocycles. The summed E-state index contributed by atoms with van der Waals surface area (Å²) in [6.07, 6.45) is 0.625. The van der Waals surface area contributed by atoms with Crippen LogP contribution in [0.1, 0.15) is 45.0 Å². The van der Waals surface area contributed by atoms with Crippen molar-refractivity contribution in [2.75, 3.05) is 12.0 Å². The molecule has 184 valence electrons. The number of halogens is 1. The second-order valence-corrected chi connectivity index (χ2v) is 9.56. The number of aromatic nitrogens is 1. The van der Waals surface area contributed by atoms with Gasteiger partial charge in [-0.3, -0.25) is 14.5 Å². The molecule has 0 aliphatic carbocycles. The summed E-state index contributed by atoms with van der Waals surface area (Å²) in [5.74, 6) is -2.63. The van der Waals surface area contributed by atoms with Gasteiger partial charge in [-0.1, -0.05) is 23.5 Å². The van der Waals surface area contributed by atoms with Crippen molar-refractivity contribution in [1.29, 1.82) is 0 Å². The van der Waals surface area contributed by atoms with E-state index in [9.17, 15) is 23.9 Å². The summed E-state index contributed by atoms with van der Waals surface area (Å²) in [6, 6.07) is 9.25. The van der Waals surface area contributed by atoms with Crippen LogP contribution < -0.4 is 9.64 Å². The van der Waals surface area contributed by atoms with E-state index in [1.54, 1.807) is 25.1 Å². The summed E-state index contributed by atoms with van der Waals surface area (Å²) in [6.45, 7) is 3.52. The highest BCUT2D eigenvalue weighted by molar-refractivity contribution is 7.17. The van der Waals surface area contributed by atoms with Gasteiger partial charge in [-0.15, -0.1) is 0 Å². The Bertz CT molecular complexity index is 1450.